The SMILES string of the molecule is COC(=O)c1c(O)ccc(Cl)c1Br. The Labute approximate surface area is 88.4 Å². The average molecular weight is 265 g/mol. The van der Waals surface area contributed by atoms with Gasteiger partial charge in [0.15, 0.2) is 0 Å². The molecule has 70 valence electrons. The summed E-state index contributed by atoms with van der Waals surface area (Å²) in [6.07, 6.45) is 0. The molecule has 0 aliphatic carbocycles. The molecule has 3 nitrogen and oxygen atoms in total. The zero-order chi connectivity index (χ0) is 10.0. The number of hydrogen-bond acceptors (Lipinski definition) is 3. The normalized spacial score (nSPS) is 9.77. The highest BCUT2D eigenvalue weighted by Crippen LogP contribution is 2.32. The number of phenolic OH excluding ortho intramolecular Hbond substituents is 1. The van der Waals surface area contributed by atoms with E-state index in [0.29, 0.717) is 9.50 Å². The molecule has 1 N–H and O–H groups in total. The van der Waals surface area contributed by atoms with Gasteiger partial charge in [0.2, 0.25) is 0 Å². The van der Waals surface area contributed by atoms with E-state index in [4.69, 9.17) is 11.6 Å². The second-order valence-electron chi connectivity index (χ2n) is 2.25. The van der Waals surface area contributed by atoms with Crippen LogP contribution in [0.3, 0.4) is 0 Å². The monoisotopic (exact) mass is 264 g/mol. The Balaban J connectivity index is 3.33. The number of carbonyl (C=O) groups excluding carboxylic acids is 1. The molecule has 0 saturated heterocycles. The summed E-state index contributed by atoms with van der Waals surface area (Å²) in [5.74, 6) is -0.796. The van der Waals surface area contributed by atoms with E-state index in [-0.39, 0.29) is 11.3 Å². The Morgan fingerprint density at radius 2 is 2.23 bits per heavy atom. The molecule has 0 aliphatic rings. The first-order chi connectivity index (χ1) is 6.07. The molecule has 0 aromatic heterocycles. The molecule has 0 aliphatic heterocycles. The van der Waals surface area contributed by atoms with Crippen LogP contribution in [0, 0.1) is 0 Å². The smallest absolute Gasteiger partial charge is 0.342 e. The zero-order valence-electron chi connectivity index (χ0n) is 6.67. The van der Waals surface area contributed by atoms with Crippen LogP contribution >= 0.6 is 27.5 Å². The largest absolute Gasteiger partial charge is 0.507 e. The highest BCUT2D eigenvalue weighted by molar-refractivity contribution is 9.10. The van der Waals surface area contributed by atoms with Crippen molar-refractivity contribution in [2.45, 2.75) is 0 Å². The van der Waals surface area contributed by atoms with Crippen LogP contribution in [0.4, 0.5) is 0 Å². The summed E-state index contributed by atoms with van der Waals surface area (Å²) < 4.78 is 4.80. The van der Waals surface area contributed by atoms with Gasteiger partial charge in [0, 0.05) is 0 Å². The summed E-state index contributed by atoms with van der Waals surface area (Å²) in [7, 11) is 1.23. The van der Waals surface area contributed by atoms with Crippen LogP contribution in [0.1, 0.15) is 10.4 Å². The van der Waals surface area contributed by atoms with E-state index in [1.165, 1.54) is 19.2 Å². The second-order valence-corrected chi connectivity index (χ2v) is 3.45. The van der Waals surface area contributed by atoms with Crippen LogP contribution in [0.25, 0.3) is 0 Å². The Bertz CT molecular complexity index is 351. The summed E-state index contributed by atoms with van der Waals surface area (Å²) in [4.78, 5) is 11.1. The minimum absolute atomic E-state index is 0.0370. The van der Waals surface area contributed by atoms with Crippen LogP contribution in [0.2, 0.25) is 5.02 Å². The van der Waals surface area contributed by atoms with E-state index in [1.54, 1.807) is 0 Å². The Hall–Kier alpha value is -0.740. The van der Waals surface area contributed by atoms with Crippen molar-refractivity contribution >= 4 is 33.5 Å². The fraction of sp³-hybridized carbons (Fsp3) is 0.125. The third-order valence-corrected chi connectivity index (χ3v) is 2.83. The molecule has 0 unspecified atom stereocenters. The van der Waals surface area contributed by atoms with Gasteiger partial charge < -0.3 is 9.84 Å². The second kappa shape index (κ2) is 3.98. The van der Waals surface area contributed by atoms with Gasteiger partial charge >= 0.3 is 5.97 Å². The molecule has 1 aromatic carbocycles. The van der Waals surface area contributed by atoms with Crippen LogP contribution in [-0.4, -0.2) is 18.2 Å². The Morgan fingerprint density at radius 3 is 2.77 bits per heavy atom. The lowest BCUT2D eigenvalue weighted by Crippen LogP contribution is -2.02. The number of benzene rings is 1. The lowest BCUT2D eigenvalue weighted by molar-refractivity contribution is 0.0596. The fourth-order valence-corrected chi connectivity index (χ4v) is 1.49. The molecule has 0 heterocycles. The van der Waals surface area contributed by atoms with E-state index >= 15 is 0 Å². The number of rotatable bonds is 1. The van der Waals surface area contributed by atoms with Gasteiger partial charge in [-0.3, -0.25) is 0 Å². The van der Waals surface area contributed by atoms with E-state index in [2.05, 4.69) is 20.7 Å². The number of halogens is 2. The highest BCUT2D eigenvalue weighted by Gasteiger charge is 2.17. The van der Waals surface area contributed by atoms with Gasteiger partial charge in [-0.2, -0.15) is 0 Å². The maximum Gasteiger partial charge on any atom is 0.342 e. The molecule has 0 atom stereocenters. The van der Waals surface area contributed by atoms with Gasteiger partial charge in [-0.1, -0.05) is 11.6 Å². The number of phenols is 1. The molecule has 0 saturated carbocycles. The van der Waals surface area contributed by atoms with Crippen molar-refractivity contribution in [2.24, 2.45) is 0 Å². The highest BCUT2D eigenvalue weighted by atomic mass is 79.9. The molecule has 0 bridgehead atoms. The molecule has 0 amide bonds. The third kappa shape index (κ3) is 1.95. The molecule has 0 fully saturated rings. The number of methoxy groups -OCH3 is 1. The molecule has 0 spiro atoms. The first-order valence-corrected chi connectivity index (χ1v) is 4.50. The molecular weight excluding hydrogens is 259 g/mol. The zero-order valence-corrected chi connectivity index (χ0v) is 9.02. The number of esters is 1. The summed E-state index contributed by atoms with van der Waals surface area (Å²) >= 11 is 8.80. The van der Waals surface area contributed by atoms with Crippen molar-refractivity contribution in [3.8, 4) is 5.75 Å². The summed E-state index contributed by atoms with van der Waals surface area (Å²) in [6, 6.07) is 2.81. The molecule has 0 radical (unpaired) electrons. The van der Waals surface area contributed by atoms with Gasteiger partial charge in [-0.05, 0) is 28.1 Å². The van der Waals surface area contributed by atoms with Gasteiger partial charge in [0.25, 0.3) is 0 Å². The standard InChI is InChI=1S/C8H6BrClO3/c1-13-8(12)6-5(11)3-2-4(10)7(6)9/h2-3,11H,1H3. The number of hydrogen-bond donors (Lipinski definition) is 1. The van der Waals surface area contributed by atoms with Crippen LogP contribution < -0.4 is 0 Å². The lowest BCUT2D eigenvalue weighted by Gasteiger charge is -2.05. The summed E-state index contributed by atoms with van der Waals surface area (Å²) in [5, 5.41) is 9.67. The maximum absolute atomic E-state index is 11.1. The Morgan fingerprint density at radius 1 is 1.62 bits per heavy atom. The van der Waals surface area contributed by atoms with E-state index in [0.717, 1.165) is 0 Å². The van der Waals surface area contributed by atoms with Crippen LogP contribution in [0.5, 0.6) is 5.75 Å². The molecule has 5 heteroatoms. The van der Waals surface area contributed by atoms with Crippen LogP contribution in [-0.2, 0) is 4.74 Å². The fourth-order valence-electron chi connectivity index (χ4n) is 0.837. The lowest BCUT2D eigenvalue weighted by atomic mass is 10.2. The van der Waals surface area contributed by atoms with Gasteiger partial charge in [0.1, 0.15) is 11.3 Å². The van der Waals surface area contributed by atoms with Crippen molar-refractivity contribution in [1.82, 2.24) is 0 Å². The predicted octanol–water partition coefficient (Wildman–Crippen LogP) is 2.59. The van der Waals surface area contributed by atoms with Crippen LogP contribution in [0.15, 0.2) is 16.6 Å². The van der Waals surface area contributed by atoms with Crippen molar-refractivity contribution in [1.29, 1.82) is 0 Å². The molecule has 1 aromatic rings. The minimum atomic E-state index is -0.633. The van der Waals surface area contributed by atoms with Gasteiger partial charge in [0.05, 0.1) is 16.6 Å². The van der Waals surface area contributed by atoms with Crippen molar-refractivity contribution in [3.05, 3.63) is 27.2 Å². The first-order valence-electron chi connectivity index (χ1n) is 3.33. The number of carbonyl (C=O) groups is 1. The van der Waals surface area contributed by atoms with Crippen molar-refractivity contribution < 1.29 is 14.6 Å². The Kier molecular flexibility index (Phi) is 3.17. The van der Waals surface area contributed by atoms with E-state index in [1.807, 2.05) is 0 Å². The van der Waals surface area contributed by atoms with Crippen molar-refractivity contribution in [3.63, 3.8) is 0 Å². The molecule has 13 heavy (non-hydrogen) atoms. The maximum atomic E-state index is 11.1. The third-order valence-electron chi connectivity index (χ3n) is 1.46. The first kappa shape index (κ1) is 10.3. The predicted molar refractivity (Wildman–Crippen MR) is 52.2 cm³/mol. The van der Waals surface area contributed by atoms with E-state index < -0.39 is 5.97 Å². The van der Waals surface area contributed by atoms with Crippen molar-refractivity contribution in [2.75, 3.05) is 7.11 Å². The van der Waals surface area contributed by atoms with Gasteiger partial charge in [-0.25, -0.2) is 4.79 Å². The summed E-state index contributed by atoms with van der Waals surface area (Å²) in [6.45, 7) is 0. The minimum Gasteiger partial charge on any atom is -0.507 e. The number of aromatic hydroxyl groups is 1. The quantitative estimate of drug-likeness (QED) is 0.794. The molecular formula is C8H6BrClO3. The van der Waals surface area contributed by atoms with Gasteiger partial charge in [-0.15, -0.1) is 0 Å². The molecule has 1 rings (SSSR count). The topological polar surface area (TPSA) is 46.5 Å². The summed E-state index contributed by atoms with van der Waals surface area (Å²) in [5.41, 5.74) is 0.0370. The van der Waals surface area contributed by atoms with E-state index in [9.17, 15) is 9.90 Å². The number of ether oxygens (including phenoxy) is 1. The average Bonchev–Trinajstić information content (AvgIpc) is 2.12.